The van der Waals surface area contributed by atoms with Gasteiger partial charge in [0.15, 0.2) is 11.5 Å². The van der Waals surface area contributed by atoms with Crippen LogP contribution in [0.2, 0.25) is 0 Å². The van der Waals surface area contributed by atoms with Crippen LogP contribution >= 0.6 is 0 Å². The maximum Gasteiger partial charge on any atom is 0.269 e. The first kappa shape index (κ1) is 20.3. The molecule has 0 aliphatic heterocycles. The third kappa shape index (κ3) is 6.66. The van der Waals surface area contributed by atoms with Crippen LogP contribution in [0.3, 0.4) is 0 Å². The number of carbonyl (C=O) groups is 2. The highest BCUT2D eigenvalue weighted by Gasteiger charge is 2.12. The zero-order valence-corrected chi connectivity index (χ0v) is 15.8. The van der Waals surface area contributed by atoms with Gasteiger partial charge in [0.2, 0.25) is 5.91 Å². The van der Waals surface area contributed by atoms with Gasteiger partial charge in [-0.15, -0.1) is 0 Å². The van der Waals surface area contributed by atoms with Gasteiger partial charge in [-0.05, 0) is 36.6 Å². The highest BCUT2D eigenvalue weighted by atomic mass is 16.5. The third-order valence-corrected chi connectivity index (χ3v) is 3.98. The van der Waals surface area contributed by atoms with Gasteiger partial charge in [-0.3, -0.25) is 20.4 Å². The molecular weight excluding hydrogens is 344 g/mol. The second-order valence-electron chi connectivity index (χ2n) is 6.06. The molecule has 0 radical (unpaired) electrons. The number of hydrazine groups is 1. The number of rotatable bonds is 9. The van der Waals surface area contributed by atoms with E-state index in [-0.39, 0.29) is 12.3 Å². The summed E-state index contributed by atoms with van der Waals surface area (Å²) in [5.74, 6) is 0.406. The van der Waals surface area contributed by atoms with Crippen LogP contribution < -0.4 is 20.3 Å². The van der Waals surface area contributed by atoms with E-state index >= 15 is 0 Å². The first-order chi connectivity index (χ1) is 13.1. The normalized spacial score (nSPS) is 10.1. The molecule has 27 heavy (non-hydrogen) atoms. The van der Waals surface area contributed by atoms with Gasteiger partial charge in [0.25, 0.3) is 5.91 Å². The van der Waals surface area contributed by atoms with Gasteiger partial charge in [0, 0.05) is 12.0 Å². The maximum absolute atomic E-state index is 12.2. The molecule has 0 aliphatic rings. The Morgan fingerprint density at radius 2 is 1.78 bits per heavy atom. The van der Waals surface area contributed by atoms with Gasteiger partial charge < -0.3 is 9.47 Å². The number of methoxy groups -OCH3 is 1. The highest BCUT2D eigenvalue weighted by molar-refractivity contribution is 5.96. The molecule has 2 aromatic rings. The lowest BCUT2D eigenvalue weighted by molar-refractivity contribution is -0.121. The van der Waals surface area contributed by atoms with Crippen molar-refractivity contribution in [2.75, 3.05) is 13.7 Å². The molecule has 0 spiro atoms. The van der Waals surface area contributed by atoms with Gasteiger partial charge in [-0.25, -0.2) is 0 Å². The number of nitrogens with one attached hydrogen (secondary N) is 2. The molecule has 0 bridgehead atoms. The van der Waals surface area contributed by atoms with Gasteiger partial charge in [0.1, 0.15) is 0 Å². The van der Waals surface area contributed by atoms with Crippen molar-refractivity contribution in [3.8, 4) is 11.5 Å². The zero-order valence-electron chi connectivity index (χ0n) is 15.8. The Bertz CT molecular complexity index is 747. The Hall–Kier alpha value is -3.02. The highest BCUT2D eigenvalue weighted by Crippen LogP contribution is 2.28. The second-order valence-corrected chi connectivity index (χ2v) is 6.06. The average Bonchev–Trinajstić information content (AvgIpc) is 2.71. The predicted molar refractivity (Wildman–Crippen MR) is 104 cm³/mol. The van der Waals surface area contributed by atoms with Crippen LogP contribution in [0, 0.1) is 0 Å². The fraction of sp³-hybridized carbons (Fsp3) is 0.333. The van der Waals surface area contributed by atoms with E-state index in [1.807, 2.05) is 30.3 Å². The number of amides is 2. The molecule has 0 saturated heterocycles. The predicted octanol–water partition coefficient (Wildman–Crippen LogP) is 3.27. The fourth-order valence-electron chi connectivity index (χ4n) is 2.42. The monoisotopic (exact) mass is 370 g/mol. The lowest BCUT2D eigenvalue weighted by atomic mass is 10.1. The molecule has 2 N–H and O–H groups in total. The summed E-state index contributed by atoms with van der Waals surface area (Å²) in [6.07, 6.45) is 2.88. The van der Waals surface area contributed by atoms with Crippen molar-refractivity contribution in [2.45, 2.75) is 32.6 Å². The molecule has 144 valence electrons. The van der Waals surface area contributed by atoms with Gasteiger partial charge in [-0.1, -0.05) is 43.7 Å². The number of carbonyl (C=O) groups excluding carboxylic acids is 2. The summed E-state index contributed by atoms with van der Waals surface area (Å²) < 4.78 is 10.9. The minimum absolute atomic E-state index is 0.251. The number of aryl methyl sites for hydroxylation is 1. The Kier molecular flexibility index (Phi) is 8.16. The van der Waals surface area contributed by atoms with E-state index in [1.54, 1.807) is 18.2 Å². The molecule has 0 fully saturated rings. The smallest absolute Gasteiger partial charge is 0.269 e. The van der Waals surface area contributed by atoms with Crippen LogP contribution in [0.25, 0.3) is 0 Å². The maximum atomic E-state index is 12.2. The van der Waals surface area contributed by atoms with Gasteiger partial charge in [-0.2, -0.15) is 0 Å². The summed E-state index contributed by atoms with van der Waals surface area (Å²) in [6.45, 7) is 2.68. The summed E-state index contributed by atoms with van der Waals surface area (Å²) in [5, 5.41) is 0. The van der Waals surface area contributed by atoms with E-state index in [2.05, 4.69) is 17.8 Å². The fourth-order valence-corrected chi connectivity index (χ4v) is 2.42. The molecule has 2 aromatic carbocycles. The molecular formula is C21H26N2O4. The summed E-state index contributed by atoms with van der Waals surface area (Å²) in [6, 6.07) is 14.6. The molecule has 0 atom stereocenters. The van der Waals surface area contributed by atoms with Gasteiger partial charge in [0.05, 0.1) is 13.7 Å². The molecule has 6 nitrogen and oxygen atoms in total. The number of unbranched alkanes of at least 4 members (excludes halogenated alkanes) is 1. The third-order valence-electron chi connectivity index (χ3n) is 3.98. The quantitative estimate of drug-likeness (QED) is 0.525. The van der Waals surface area contributed by atoms with Crippen molar-refractivity contribution in [1.82, 2.24) is 10.9 Å². The van der Waals surface area contributed by atoms with Crippen molar-refractivity contribution in [1.29, 1.82) is 0 Å². The van der Waals surface area contributed by atoms with Gasteiger partial charge >= 0.3 is 0 Å². The van der Waals surface area contributed by atoms with Crippen LogP contribution in [0.15, 0.2) is 48.5 Å². The van der Waals surface area contributed by atoms with E-state index in [1.165, 1.54) is 7.11 Å². The number of benzene rings is 2. The van der Waals surface area contributed by atoms with E-state index in [0.717, 1.165) is 18.4 Å². The second kappa shape index (κ2) is 10.9. The molecule has 0 heterocycles. The van der Waals surface area contributed by atoms with Crippen molar-refractivity contribution in [2.24, 2.45) is 0 Å². The van der Waals surface area contributed by atoms with Crippen LogP contribution in [0.1, 0.15) is 42.1 Å². The molecule has 6 heteroatoms. The van der Waals surface area contributed by atoms with Crippen LogP contribution in [-0.2, 0) is 11.2 Å². The van der Waals surface area contributed by atoms with Crippen LogP contribution in [0.4, 0.5) is 0 Å². The first-order valence-electron chi connectivity index (χ1n) is 9.08. The van der Waals surface area contributed by atoms with Crippen LogP contribution in [0.5, 0.6) is 11.5 Å². The number of hydrogen-bond donors (Lipinski definition) is 2. The minimum Gasteiger partial charge on any atom is -0.493 e. The summed E-state index contributed by atoms with van der Waals surface area (Å²) in [7, 11) is 1.52. The number of hydrogen-bond acceptors (Lipinski definition) is 4. The summed E-state index contributed by atoms with van der Waals surface area (Å²) >= 11 is 0. The zero-order chi connectivity index (χ0) is 19.5. The molecule has 0 aromatic heterocycles. The molecule has 0 aliphatic carbocycles. The average molecular weight is 370 g/mol. The van der Waals surface area contributed by atoms with Crippen LogP contribution in [-0.4, -0.2) is 25.5 Å². The Balaban J connectivity index is 1.84. The largest absolute Gasteiger partial charge is 0.493 e. The standard InChI is InChI=1S/C21H26N2O4/c1-3-4-14-27-18-12-11-17(15-19(18)26-2)21(25)23-22-20(24)13-10-16-8-6-5-7-9-16/h5-9,11-12,15H,3-4,10,13-14H2,1-2H3,(H,22,24)(H,23,25). The van der Waals surface area contributed by atoms with E-state index in [9.17, 15) is 9.59 Å². The molecule has 0 unspecified atom stereocenters. The molecule has 2 rings (SSSR count). The molecule has 0 saturated carbocycles. The lowest BCUT2D eigenvalue weighted by Gasteiger charge is -2.12. The number of ether oxygens (including phenoxy) is 2. The SMILES string of the molecule is CCCCOc1ccc(C(=O)NNC(=O)CCc2ccccc2)cc1OC. The van der Waals surface area contributed by atoms with E-state index in [4.69, 9.17) is 9.47 Å². The molecule has 2 amide bonds. The Morgan fingerprint density at radius 1 is 1.00 bits per heavy atom. The Labute approximate surface area is 159 Å². The van der Waals surface area contributed by atoms with E-state index < -0.39 is 5.91 Å². The van der Waals surface area contributed by atoms with Crippen molar-refractivity contribution in [3.63, 3.8) is 0 Å². The van der Waals surface area contributed by atoms with E-state index in [0.29, 0.717) is 30.1 Å². The van der Waals surface area contributed by atoms with Crippen molar-refractivity contribution >= 4 is 11.8 Å². The topological polar surface area (TPSA) is 76.7 Å². The summed E-state index contributed by atoms with van der Waals surface area (Å²) in [5.41, 5.74) is 6.30. The Morgan fingerprint density at radius 3 is 2.48 bits per heavy atom. The first-order valence-corrected chi connectivity index (χ1v) is 9.08. The lowest BCUT2D eigenvalue weighted by Crippen LogP contribution is -2.41. The van der Waals surface area contributed by atoms with Crippen molar-refractivity contribution < 1.29 is 19.1 Å². The minimum atomic E-state index is -0.415. The summed E-state index contributed by atoms with van der Waals surface area (Å²) in [4.78, 5) is 24.1. The van der Waals surface area contributed by atoms with Crippen molar-refractivity contribution in [3.05, 3.63) is 59.7 Å².